The van der Waals surface area contributed by atoms with Crippen LogP contribution in [0, 0.1) is 0 Å². The first-order valence-electron chi connectivity index (χ1n) is 6.62. The van der Waals surface area contributed by atoms with Gasteiger partial charge in [-0.05, 0) is 13.0 Å². The van der Waals surface area contributed by atoms with Gasteiger partial charge in [-0.25, -0.2) is 0 Å². The molecule has 15 heavy (non-hydrogen) atoms. The molecular weight excluding hydrogens is 189 g/mol. The number of nitrogens with two attached hydrogens (primary N) is 1. The van der Waals surface area contributed by atoms with Gasteiger partial charge in [0.1, 0.15) is 0 Å². The van der Waals surface area contributed by atoms with Crippen molar-refractivity contribution in [1.29, 1.82) is 0 Å². The lowest BCUT2D eigenvalue weighted by Gasteiger charge is -2.01. The predicted octanol–water partition coefficient (Wildman–Crippen LogP) is 4.41. The molecule has 0 unspecified atom stereocenters. The molecule has 0 aliphatic heterocycles. The van der Waals surface area contributed by atoms with Crippen molar-refractivity contribution in [3.05, 3.63) is 0 Å². The highest BCUT2D eigenvalue weighted by Crippen LogP contribution is 2.10. The third kappa shape index (κ3) is 16.6. The smallest absolute Gasteiger partial charge is 0.00773 e. The molecule has 0 aromatic rings. The van der Waals surface area contributed by atoms with Crippen LogP contribution in [0.3, 0.4) is 0 Å². The SMILES string of the molecule is CCCCCCCCCCCCCN.F. The van der Waals surface area contributed by atoms with Gasteiger partial charge in [-0.15, -0.1) is 0 Å². The molecule has 0 aromatic heterocycles. The summed E-state index contributed by atoms with van der Waals surface area (Å²) in [5.41, 5.74) is 5.44. The Labute approximate surface area is 95.2 Å². The third-order valence-corrected chi connectivity index (χ3v) is 2.81. The zero-order valence-corrected chi connectivity index (χ0v) is 10.5. The molecule has 0 saturated heterocycles. The maximum Gasteiger partial charge on any atom is -0.00773 e. The van der Waals surface area contributed by atoms with E-state index in [9.17, 15) is 0 Å². The van der Waals surface area contributed by atoms with E-state index in [1.807, 2.05) is 0 Å². The molecule has 0 aliphatic carbocycles. The molecule has 0 heterocycles. The summed E-state index contributed by atoms with van der Waals surface area (Å²) in [6, 6.07) is 0. The highest BCUT2D eigenvalue weighted by Gasteiger charge is 1.91. The van der Waals surface area contributed by atoms with Crippen LogP contribution in [-0.2, 0) is 0 Å². The topological polar surface area (TPSA) is 26.0 Å². The minimum Gasteiger partial charge on any atom is -0.330 e. The highest BCUT2D eigenvalue weighted by molar-refractivity contribution is 4.47. The van der Waals surface area contributed by atoms with Gasteiger partial charge in [0.25, 0.3) is 0 Å². The van der Waals surface area contributed by atoms with E-state index in [1.165, 1.54) is 70.6 Å². The van der Waals surface area contributed by atoms with Gasteiger partial charge in [0, 0.05) is 0 Å². The summed E-state index contributed by atoms with van der Waals surface area (Å²) in [6.07, 6.45) is 15.4. The lowest BCUT2D eigenvalue weighted by atomic mass is 10.1. The molecule has 2 N–H and O–H groups in total. The van der Waals surface area contributed by atoms with Crippen molar-refractivity contribution in [1.82, 2.24) is 0 Å². The van der Waals surface area contributed by atoms with Crippen LogP contribution < -0.4 is 5.73 Å². The summed E-state index contributed by atoms with van der Waals surface area (Å²) in [4.78, 5) is 0. The molecule has 1 nitrogen and oxygen atoms in total. The van der Waals surface area contributed by atoms with Crippen molar-refractivity contribution >= 4 is 0 Å². The zero-order valence-electron chi connectivity index (χ0n) is 10.5. The van der Waals surface area contributed by atoms with E-state index in [-0.39, 0.29) is 4.70 Å². The number of rotatable bonds is 11. The Morgan fingerprint density at radius 1 is 0.600 bits per heavy atom. The van der Waals surface area contributed by atoms with E-state index in [0.29, 0.717) is 0 Å². The Balaban J connectivity index is 0. The quantitative estimate of drug-likeness (QED) is 0.512. The Kier molecular flexibility index (Phi) is 18.8. The number of hydrogen-bond donors (Lipinski definition) is 1. The Morgan fingerprint density at radius 2 is 0.933 bits per heavy atom. The van der Waals surface area contributed by atoms with Crippen molar-refractivity contribution in [2.75, 3.05) is 6.54 Å². The molecule has 0 fully saturated rings. The molecule has 0 radical (unpaired) electrons. The van der Waals surface area contributed by atoms with E-state index < -0.39 is 0 Å². The minimum atomic E-state index is 0. The Hall–Kier alpha value is -0.110. The van der Waals surface area contributed by atoms with E-state index in [1.54, 1.807) is 0 Å². The van der Waals surface area contributed by atoms with Crippen LogP contribution in [0.2, 0.25) is 0 Å². The molecule has 2 heteroatoms. The number of unbranched alkanes of at least 4 members (excludes halogenated alkanes) is 10. The van der Waals surface area contributed by atoms with E-state index in [0.717, 1.165) is 6.54 Å². The minimum absolute atomic E-state index is 0. The van der Waals surface area contributed by atoms with Crippen molar-refractivity contribution in [3.8, 4) is 0 Å². The molecule has 0 amide bonds. The van der Waals surface area contributed by atoms with Crippen LogP contribution in [-0.4, -0.2) is 6.54 Å². The molecule has 0 saturated carbocycles. The standard InChI is InChI=1S/C13H29N.FH/c1-2-3-4-5-6-7-8-9-10-11-12-13-14;/h2-14H2,1H3;1H. The highest BCUT2D eigenvalue weighted by atomic mass is 19.0. The summed E-state index contributed by atoms with van der Waals surface area (Å²) in [5.74, 6) is 0. The molecule has 0 rings (SSSR count). The summed E-state index contributed by atoms with van der Waals surface area (Å²) < 4.78 is 0. The summed E-state index contributed by atoms with van der Waals surface area (Å²) in [7, 11) is 0. The fraction of sp³-hybridized carbons (Fsp3) is 1.00. The Morgan fingerprint density at radius 3 is 1.27 bits per heavy atom. The molecule has 0 bridgehead atoms. The Bertz CT molecular complexity index is 84.5. The van der Waals surface area contributed by atoms with Crippen LogP contribution in [0.1, 0.15) is 77.6 Å². The predicted molar refractivity (Wildman–Crippen MR) is 68.0 cm³/mol. The summed E-state index contributed by atoms with van der Waals surface area (Å²) in [6.45, 7) is 3.15. The van der Waals surface area contributed by atoms with Gasteiger partial charge < -0.3 is 5.73 Å². The van der Waals surface area contributed by atoms with Gasteiger partial charge in [0.15, 0.2) is 0 Å². The van der Waals surface area contributed by atoms with Crippen molar-refractivity contribution in [2.45, 2.75) is 77.6 Å². The lowest BCUT2D eigenvalue weighted by molar-refractivity contribution is 0.551. The van der Waals surface area contributed by atoms with Crippen LogP contribution in [0.15, 0.2) is 0 Å². The molecule has 94 valence electrons. The van der Waals surface area contributed by atoms with Crippen LogP contribution in [0.5, 0.6) is 0 Å². The van der Waals surface area contributed by atoms with Crippen molar-refractivity contribution < 1.29 is 4.70 Å². The fourth-order valence-corrected chi connectivity index (χ4v) is 1.81. The van der Waals surface area contributed by atoms with Gasteiger partial charge in [0.2, 0.25) is 0 Å². The fourth-order valence-electron chi connectivity index (χ4n) is 1.81. The maximum absolute atomic E-state index is 5.44. The number of hydrogen-bond acceptors (Lipinski definition) is 1. The first kappa shape index (κ1) is 17.3. The average Bonchev–Trinajstić information content (AvgIpc) is 2.21. The van der Waals surface area contributed by atoms with Gasteiger partial charge in [-0.2, -0.15) is 0 Å². The monoisotopic (exact) mass is 219 g/mol. The zero-order chi connectivity index (χ0) is 10.5. The van der Waals surface area contributed by atoms with Crippen molar-refractivity contribution in [2.24, 2.45) is 5.73 Å². The van der Waals surface area contributed by atoms with Crippen molar-refractivity contribution in [3.63, 3.8) is 0 Å². The molecule has 0 atom stereocenters. The van der Waals surface area contributed by atoms with Crippen LogP contribution >= 0.6 is 0 Å². The molecular formula is C13H30FN. The molecule has 0 spiro atoms. The van der Waals surface area contributed by atoms with Crippen LogP contribution in [0.4, 0.5) is 4.70 Å². The third-order valence-electron chi connectivity index (χ3n) is 2.81. The average molecular weight is 219 g/mol. The second-order valence-electron chi connectivity index (χ2n) is 4.32. The lowest BCUT2D eigenvalue weighted by Crippen LogP contribution is -1.97. The van der Waals surface area contributed by atoms with E-state index in [4.69, 9.17) is 5.73 Å². The molecule has 0 aliphatic rings. The van der Waals surface area contributed by atoms with E-state index >= 15 is 0 Å². The first-order chi connectivity index (χ1) is 6.91. The molecule has 0 aromatic carbocycles. The first-order valence-corrected chi connectivity index (χ1v) is 6.62. The summed E-state index contributed by atoms with van der Waals surface area (Å²) in [5, 5.41) is 0. The van der Waals surface area contributed by atoms with E-state index in [2.05, 4.69) is 6.92 Å². The largest absolute Gasteiger partial charge is 0.330 e. The van der Waals surface area contributed by atoms with Gasteiger partial charge in [-0.1, -0.05) is 71.1 Å². The second-order valence-corrected chi connectivity index (χ2v) is 4.32. The van der Waals surface area contributed by atoms with Crippen LogP contribution in [0.25, 0.3) is 0 Å². The van der Waals surface area contributed by atoms with Gasteiger partial charge in [-0.3, -0.25) is 4.70 Å². The number of halogens is 1. The summed E-state index contributed by atoms with van der Waals surface area (Å²) >= 11 is 0. The maximum atomic E-state index is 5.44. The second kappa shape index (κ2) is 16.3. The van der Waals surface area contributed by atoms with Gasteiger partial charge in [0.05, 0.1) is 0 Å². The van der Waals surface area contributed by atoms with Gasteiger partial charge >= 0.3 is 0 Å². The normalized spacial score (nSPS) is 10.0.